The Hall–Kier alpha value is -1.49. The van der Waals surface area contributed by atoms with Crippen molar-refractivity contribution in [3.8, 4) is 5.75 Å². The summed E-state index contributed by atoms with van der Waals surface area (Å²) < 4.78 is 17.9. The molecule has 0 aromatic heterocycles. The second kappa shape index (κ2) is 3.71. The Balaban J connectivity index is 3.51. The van der Waals surface area contributed by atoms with Crippen LogP contribution in [0.2, 0.25) is 5.02 Å². The molecule has 0 aliphatic heterocycles. The summed E-state index contributed by atoms with van der Waals surface area (Å²) in [7, 11) is 1.15. The van der Waals surface area contributed by atoms with Crippen molar-refractivity contribution in [1.29, 1.82) is 0 Å². The lowest BCUT2D eigenvalue weighted by Crippen LogP contribution is -2.05. The SMILES string of the molecule is COc1c(C(=O)O)cc(Cl)c(N)c1F. The molecule has 0 saturated heterocycles. The van der Waals surface area contributed by atoms with Crippen LogP contribution in [0.1, 0.15) is 10.4 Å². The lowest BCUT2D eigenvalue weighted by Gasteiger charge is -2.09. The average Bonchev–Trinajstić information content (AvgIpc) is 2.13. The standard InChI is InChI=1S/C8H7ClFNO3/c1-14-7-3(8(12)13)2-4(9)6(11)5(7)10/h2H,11H2,1H3,(H,12,13). The molecule has 0 radical (unpaired) electrons. The van der Waals surface area contributed by atoms with Gasteiger partial charge in [0.25, 0.3) is 0 Å². The van der Waals surface area contributed by atoms with Gasteiger partial charge in [0, 0.05) is 0 Å². The van der Waals surface area contributed by atoms with Gasteiger partial charge in [-0.2, -0.15) is 0 Å². The van der Waals surface area contributed by atoms with Gasteiger partial charge in [0.05, 0.1) is 17.8 Å². The number of carbonyl (C=O) groups is 1. The zero-order chi connectivity index (χ0) is 10.9. The van der Waals surface area contributed by atoms with E-state index in [1.807, 2.05) is 0 Å². The number of hydrogen-bond acceptors (Lipinski definition) is 3. The maximum Gasteiger partial charge on any atom is 0.339 e. The van der Waals surface area contributed by atoms with E-state index < -0.39 is 17.5 Å². The van der Waals surface area contributed by atoms with E-state index in [4.69, 9.17) is 22.4 Å². The van der Waals surface area contributed by atoms with Crippen LogP contribution in [0.4, 0.5) is 10.1 Å². The van der Waals surface area contributed by atoms with E-state index in [0.717, 1.165) is 13.2 Å². The van der Waals surface area contributed by atoms with E-state index >= 15 is 0 Å². The van der Waals surface area contributed by atoms with Crippen molar-refractivity contribution in [2.75, 3.05) is 12.8 Å². The maximum absolute atomic E-state index is 13.3. The zero-order valence-corrected chi connectivity index (χ0v) is 7.93. The molecule has 3 N–H and O–H groups in total. The monoisotopic (exact) mass is 219 g/mol. The van der Waals surface area contributed by atoms with Gasteiger partial charge >= 0.3 is 5.97 Å². The highest BCUT2D eigenvalue weighted by Gasteiger charge is 2.20. The van der Waals surface area contributed by atoms with Crippen LogP contribution in [0.25, 0.3) is 0 Å². The van der Waals surface area contributed by atoms with Crippen LogP contribution in [-0.2, 0) is 0 Å². The van der Waals surface area contributed by atoms with E-state index in [0.29, 0.717) is 0 Å². The number of methoxy groups -OCH3 is 1. The fourth-order valence-electron chi connectivity index (χ4n) is 0.974. The van der Waals surface area contributed by atoms with Crippen molar-refractivity contribution in [2.24, 2.45) is 0 Å². The van der Waals surface area contributed by atoms with Crippen molar-refractivity contribution in [2.45, 2.75) is 0 Å². The van der Waals surface area contributed by atoms with E-state index in [1.54, 1.807) is 0 Å². The summed E-state index contributed by atoms with van der Waals surface area (Å²) in [6, 6.07) is 1.04. The van der Waals surface area contributed by atoms with Crippen LogP contribution in [0.5, 0.6) is 5.75 Å². The van der Waals surface area contributed by atoms with Crippen molar-refractivity contribution < 1.29 is 19.0 Å². The second-order valence-corrected chi connectivity index (χ2v) is 2.88. The highest BCUT2D eigenvalue weighted by atomic mass is 35.5. The molecule has 0 unspecified atom stereocenters. The fourth-order valence-corrected chi connectivity index (χ4v) is 1.17. The molecule has 1 aromatic carbocycles. The molecule has 1 rings (SSSR count). The van der Waals surface area contributed by atoms with Gasteiger partial charge in [-0.25, -0.2) is 9.18 Å². The molecule has 0 aliphatic rings. The molecule has 14 heavy (non-hydrogen) atoms. The summed E-state index contributed by atoms with van der Waals surface area (Å²) in [6.07, 6.45) is 0. The Labute approximate surface area is 84.0 Å². The predicted octanol–water partition coefficient (Wildman–Crippen LogP) is 1.77. The molecule has 0 spiro atoms. The van der Waals surface area contributed by atoms with Crippen molar-refractivity contribution in [3.05, 3.63) is 22.5 Å². The highest BCUT2D eigenvalue weighted by Crippen LogP contribution is 2.33. The summed E-state index contributed by atoms with van der Waals surface area (Å²) in [5.41, 5.74) is 4.56. The third kappa shape index (κ3) is 1.58. The molecule has 1 aromatic rings. The summed E-state index contributed by atoms with van der Waals surface area (Å²) >= 11 is 5.51. The summed E-state index contributed by atoms with van der Waals surface area (Å²) in [5.74, 6) is -2.71. The molecule has 76 valence electrons. The van der Waals surface area contributed by atoms with E-state index in [-0.39, 0.29) is 16.3 Å². The van der Waals surface area contributed by atoms with Crippen molar-refractivity contribution in [1.82, 2.24) is 0 Å². The van der Waals surface area contributed by atoms with Gasteiger partial charge in [-0.05, 0) is 6.07 Å². The number of hydrogen-bond donors (Lipinski definition) is 2. The van der Waals surface area contributed by atoms with Gasteiger partial charge in [-0.3, -0.25) is 0 Å². The highest BCUT2D eigenvalue weighted by molar-refractivity contribution is 6.33. The number of nitrogens with two attached hydrogens (primary N) is 1. The smallest absolute Gasteiger partial charge is 0.339 e. The number of halogens is 2. The molecule has 0 heterocycles. The summed E-state index contributed by atoms with van der Waals surface area (Å²) in [5, 5.41) is 8.54. The molecule has 0 amide bonds. The number of nitrogen functional groups attached to an aromatic ring is 1. The first kappa shape index (κ1) is 10.6. The predicted molar refractivity (Wildman–Crippen MR) is 49.3 cm³/mol. The number of carboxylic acid groups (broad SMARTS) is 1. The van der Waals surface area contributed by atoms with Crippen LogP contribution in [0.15, 0.2) is 6.07 Å². The van der Waals surface area contributed by atoms with Gasteiger partial charge in [0.2, 0.25) is 0 Å². The number of anilines is 1. The van der Waals surface area contributed by atoms with Crippen molar-refractivity contribution >= 4 is 23.3 Å². The Morgan fingerprint density at radius 1 is 1.71 bits per heavy atom. The van der Waals surface area contributed by atoms with Crippen molar-refractivity contribution in [3.63, 3.8) is 0 Å². The van der Waals surface area contributed by atoms with E-state index in [1.165, 1.54) is 0 Å². The lowest BCUT2D eigenvalue weighted by molar-refractivity contribution is 0.0692. The van der Waals surface area contributed by atoms with Gasteiger partial charge in [-0.1, -0.05) is 11.6 Å². The van der Waals surface area contributed by atoms with Crippen LogP contribution in [0.3, 0.4) is 0 Å². The van der Waals surface area contributed by atoms with Gasteiger partial charge in [0.1, 0.15) is 5.56 Å². The topological polar surface area (TPSA) is 72.5 Å². The molecule has 0 fully saturated rings. The molecule has 0 aliphatic carbocycles. The molecule has 0 bridgehead atoms. The Kier molecular flexibility index (Phi) is 2.81. The third-order valence-electron chi connectivity index (χ3n) is 1.64. The molecular formula is C8H7ClFNO3. The minimum absolute atomic E-state index is 0.152. The number of carboxylic acids is 1. The number of aromatic carboxylic acids is 1. The van der Waals surface area contributed by atoms with Gasteiger partial charge < -0.3 is 15.6 Å². The fraction of sp³-hybridized carbons (Fsp3) is 0.125. The van der Waals surface area contributed by atoms with Crippen LogP contribution < -0.4 is 10.5 Å². The molecular weight excluding hydrogens is 213 g/mol. The first-order chi connectivity index (χ1) is 6.49. The largest absolute Gasteiger partial charge is 0.493 e. The quantitative estimate of drug-likeness (QED) is 0.744. The minimum Gasteiger partial charge on any atom is -0.493 e. The molecule has 4 nitrogen and oxygen atoms in total. The average molecular weight is 220 g/mol. The first-order valence-corrected chi connectivity index (χ1v) is 3.91. The summed E-state index contributed by atoms with van der Waals surface area (Å²) in [4.78, 5) is 10.7. The van der Waals surface area contributed by atoms with Crippen LogP contribution in [0, 0.1) is 5.82 Å². The van der Waals surface area contributed by atoms with Gasteiger partial charge in [0.15, 0.2) is 11.6 Å². The number of ether oxygens (including phenoxy) is 1. The lowest BCUT2D eigenvalue weighted by atomic mass is 10.1. The third-order valence-corrected chi connectivity index (χ3v) is 1.96. The van der Waals surface area contributed by atoms with E-state index in [2.05, 4.69) is 4.74 Å². The second-order valence-electron chi connectivity index (χ2n) is 2.47. The van der Waals surface area contributed by atoms with Crippen LogP contribution in [-0.4, -0.2) is 18.2 Å². The minimum atomic E-state index is -1.33. The normalized spacial score (nSPS) is 9.93. The molecule has 0 saturated carbocycles. The Morgan fingerprint density at radius 3 is 2.71 bits per heavy atom. The van der Waals surface area contributed by atoms with Gasteiger partial charge in [-0.15, -0.1) is 0 Å². The maximum atomic E-state index is 13.3. The van der Waals surface area contributed by atoms with E-state index in [9.17, 15) is 9.18 Å². The molecule has 6 heteroatoms. The Bertz CT molecular complexity index is 395. The zero-order valence-electron chi connectivity index (χ0n) is 7.17. The number of benzene rings is 1. The Morgan fingerprint density at radius 2 is 2.29 bits per heavy atom. The molecule has 0 atom stereocenters. The first-order valence-electron chi connectivity index (χ1n) is 3.53. The number of rotatable bonds is 2. The summed E-state index contributed by atoms with van der Waals surface area (Å²) in [6.45, 7) is 0. The van der Waals surface area contributed by atoms with Crippen LogP contribution >= 0.6 is 11.6 Å².